The summed E-state index contributed by atoms with van der Waals surface area (Å²) < 4.78 is 5.31. The summed E-state index contributed by atoms with van der Waals surface area (Å²) in [6.07, 6.45) is 1.69. The molecule has 1 saturated heterocycles. The average Bonchev–Trinajstić information content (AvgIpc) is 2.49. The molecular formula is C16H21NO4. The molecule has 1 aliphatic rings. The SMILES string of the molecule is C[C@@H](C(=O)Nc1ccccc1CC(=O)O)C1CCOCC1. The lowest BCUT2D eigenvalue weighted by atomic mass is 9.86. The number of ether oxygens (including phenoxy) is 1. The van der Waals surface area contributed by atoms with Gasteiger partial charge in [-0.2, -0.15) is 0 Å². The van der Waals surface area contributed by atoms with E-state index in [0.29, 0.717) is 30.4 Å². The smallest absolute Gasteiger partial charge is 0.307 e. The van der Waals surface area contributed by atoms with Crippen molar-refractivity contribution < 1.29 is 19.4 Å². The largest absolute Gasteiger partial charge is 0.481 e. The Balaban J connectivity index is 2.03. The molecule has 0 radical (unpaired) electrons. The maximum absolute atomic E-state index is 12.4. The first-order valence-electron chi connectivity index (χ1n) is 7.26. The molecule has 2 rings (SSSR count). The van der Waals surface area contributed by atoms with Crippen molar-refractivity contribution in [3.8, 4) is 0 Å². The van der Waals surface area contributed by atoms with Gasteiger partial charge in [-0.15, -0.1) is 0 Å². The molecule has 0 aromatic heterocycles. The van der Waals surface area contributed by atoms with E-state index in [-0.39, 0.29) is 18.2 Å². The van der Waals surface area contributed by atoms with Gasteiger partial charge in [-0.3, -0.25) is 9.59 Å². The zero-order valence-electron chi connectivity index (χ0n) is 12.2. The van der Waals surface area contributed by atoms with Gasteiger partial charge in [0.2, 0.25) is 5.91 Å². The minimum absolute atomic E-state index is 0.0558. The molecule has 5 heteroatoms. The quantitative estimate of drug-likeness (QED) is 0.873. The lowest BCUT2D eigenvalue weighted by Crippen LogP contribution is -2.31. The Kier molecular flexibility index (Phi) is 5.33. The van der Waals surface area contributed by atoms with Crippen LogP contribution < -0.4 is 5.32 Å². The first-order valence-corrected chi connectivity index (χ1v) is 7.26. The number of carboxylic acid groups (broad SMARTS) is 1. The van der Waals surface area contributed by atoms with Gasteiger partial charge >= 0.3 is 5.97 Å². The van der Waals surface area contributed by atoms with Gasteiger partial charge in [0, 0.05) is 24.8 Å². The number of para-hydroxylation sites is 1. The van der Waals surface area contributed by atoms with Crippen LogP contribution in [-0.2, 0) is 20.7 Å². The molecule has 1 atom stereocenters. The van der Waals surface area contributed by atoms with Gasteiger partial charge in [-0.1, -0.05) is 25.1 Å². The van der Waals surface area contributed by atoms with Crippen LogP contribution in [0.2, 0.25) is 0 Å². The van der Waals surface area contributed by atoms with Crippen LogP contribution in [0, 0.1) is 11.8 Å². The highest BCUT2D eigenvalue weighted by molar-refractivity contribution is 5.93. The third kappa shape index (κ3) is 4.29. The van der Waals surface area contributed by atoms with E-state index < -0.39 is 5.97 Å². The third-order valence-corrected chi connectivity index (χ3v) is 4.00. The predicted molar refractivity (Wildman–Crippen MR) is 79.1 cm³/mol. The Morgan fingerprint density at radius 1 is 1.33 bits per heavy atom. The number of carbonyl (C=O) groups excluding carboxylic acids is 1. The molecule has 1 aromatic carbocycles. The molecule has 0 spiro atoms. The number of hydrogen-bond donors (Lipinski definition) is 2. The topological polar surface area (TPSA) is 75.6 Å². The lowest BCUT2D eigenvalue weighted by Gasteiger charge is -2.27. The molecule has 0 bridgehead atoms. The van der Waals surface area contributed by atoms with Crippen LogP contribution in [0.1, 0.15) is 25.3 Å². The lowest BCUT2D eigenvalue weighted by molar-refractivity contribution is -0.136. The van der Waals surface area contributed by atoms with Crippen LogP contribution >= 0.6 is 0 Å². The van der Waals surface area contributed by atoms with Crippen LogP contribution in [0.25, 0.3) is 0 Å². The van der Waals surface area contributed by atoms with Crippen molar-refractivity contribution in [1.82, 2.24) is 0 Å². The molecular weight excluding hydrogens is 270 g/mol. The van der Waals surface area contributed by atoms with Gasteiger partial charge in [0.05, 0.1) is 6.42 Å². The Morgan fingerprint density at radius 3 is 2.67 bits per heavy atom. The first kappa shape index (κ1) is 15.5. The first-order chi connectivity index (χ1) is 10.1. The minimum Gasteiger partial charge on any atom is -0.481 e. The summed E-state index contributed by atoms with van der Waals surface area (Å²) in [5.74, 6) is -0.744. The molecule has 1 aromatic rings. The monoisotopic (exact) mass is 291 g/mol. The highest BCUT2D eigenvalue weighted by Crippen LogP contribution is 2.25. The standard InChI is InChI=1S/C16H21NO4/c1-11(12-6-8-21-9-7-12)16(20)17-14-5-3-2-4-13(14)10-15(18)19/h2-5,11-12H,6-10H2,1H3,(H,17,20)(H,18,19)/t11-/m1/s1. The summed E-state index contributed by atoms with van der Waals surface area (Å²) in [5, 5.41) is 11.8. The molecule has 1 fully saturated rings. The number of nitrogens with one attached hydrogen (secondary N) is 1. The van der Waals surface area contributed by atoms with Crippen molar-refractivity contribution in [2.45, 2.75) is 26.2 Å². The van der Waals surface area contributed by atoms with E-state index in [1.54, 1.807) is 24.3 Å². The van der Waals surface area contributed by atoms with Crippen molar-refractivity contribution in [2.75, 3.05) is 18.5 Å². The maximum Gasteiger partial charge on any atom is 0.307 e. The summed E-state index contributed by atoms with van der Waals surface area (Å²) in [6, 6.07) is 7.03. The fourth-order valence-corrected chi connectivity index (χ4v) is 2.64. The normalized spacial score (nSPS) is 17.2. The van der Waals surface area contributed by atoms with Crippen LogP contribution in [0.3, 0.4) is 0 Å². The Bertz CT molecular complexity index is 509. The summed E-state index contributed by atoms with van der Waals surface area (Å²) in [7, 11) is 0. The van der Waals surface area contributed by atoms with Crippen LogP contribution in [0.4, 0.5) is 5.69 Å². The van der Waals surface area contributed by atoms with Crippen molar-refractivity contribution >= 4 is 17.6 Å². The van der Waals surface area contributed by atoms with Gasteiger partial charge in [0.25, 0.3) is 0 Å². The zero-order chi connectivity index (χ0) is 15.2. The van der Waals surface area contributed by atoms with E-state index in [2.05, 4.69) is 5.32 Å². The second-order valence-electron chi connectivity index (χ2n) is 5.46. The number of benzene rings is 1. The third-order valence-electron chi connectivity index (χ3n) is 4.00. The highest BCUT2D eigenvalue weighted by atomic mass is 16.5. The van der Waals surface area contributed by atoms with Crippen molar-refractivity contribution in [2.24, 2.45) is 11.8 Å². The van der Waals surface area contributed by atoms with E-state index in [4.69, 9.17) is 9.84 Å². The number of hydrogen-bond acceptors (Lipinski definition) is 3. The fourth-order valence-electron chi connectivity index (χ4n) is 2.64. The molecule has 0 unspecified atom stereocenters. The van der Waals surface area contributed by atoms with Gasteiger partial charge in [0.1, 0.15) is 0 Å². The summed E-state index contributed by atoms with van der Waals surface area (Å²) in [6.45, 7) is 3.33. The average molecular weight is 291 g/mol. The number of carboxylic acids is 1. The molecule has 114 valence electrons. The molecule has 1 aliphatic heterocycles. The molecule has 0 aliphatic carbocycles. The summed E-state index contributed by atoms with van der Waals surface area (Å²) in [5.41, 5.74) is 1.21. The Morgan fingerprint density at radius 2 is 2.00 bits per heavy atom. The zero-order valence-corrected chi connectivity index (χ0v) is 12.2. The molecule has 5 nitrogen and oxygen atoms in total. The van der Waals surface area contributed by atoms with Gasteiger partial charge < -0.3 is 15.2 Å². The van der Waals surface area contributed by atoms with E-state index in [1.807, 2.05) is 6.92 Å². The Hall–Kier alpha value is -1.88. The van der Waals surface area contributed by atoms with E-state index >= 15 is 0 Å². The fraction of sp³-hybridized carbons (Fsp3) is 0.500. The predicted octanol–water partition coefficient (Wildman–Crippen LogP) is 2.31. The number of aliphatic carboxylic acids is 1. The summed E-state index contributed by atoms with van der Waals surface area (Å²) >= 11 is 0. The van der Waals surface area contributed by atoms with Crippen molar-refractivity contribution in [3.63, 3.8) is 0 Å². The second-order valence-corrected chi connectivity index (χ2v) is 5.46. The molecule has 2 N–H and O–H groups in total. The van der Waals surface area contributed by atoms with Crippen molar-refractivity contribution in [3.05, 3.63) is 29.8 Å². The highest BCUT2D eigenvalue weighted by Gasteiger charge is 2.26. The van der Waals surface area contributed by atoms with E-state index in [0.717, 1.165) is 12.8 Å². The number of amides is 1. The van der Waals surface area contributed by atoms with E-state index in [9.17, 15) is 9.59 Å². The number of rotatable bonds is 5. The Labute approximate surface area is 124 Å². The van der Waals surface area contributed by atoms with Gasteiger partial charge in [0.15, 0.2) is 0 Å². The van der Waals surface area contributed by atoms with E-state index in [1.165, 1.54) is 0 Å². The van der Waals surface area contributed by atoms with Crippen LogP contribution in [-0.4, -0.2) is 30.2 Å². The number of anilines is 1. The molecule has 21 heavy (non-hydrogen) atoms. The number of carbonyl (C=O) groups is 2. The van der Waals surface area contributed by atoms with Crippen LogP contribution in [0.5, 0.6) is 0 Å². The molecule has 1 heterocycles. The van der Waals surface area contributed by atoms with Gasteiger partial charge in [-0.25, -0.2) is 0 Å². The minimum atomic E-state index is -0.908. The van der Waals surface area contributed by atoms with Crippen LogP contribution in [0.15, 0.2) is 24.3 Å². The molecule has 0 saturated carbocycles. The van der Waals surface area contributed by atoms with Gasteiger partial charge in [-0.05, 0) is 30.4 Å². The van der Waals surface area contributed by atoms with Crippen molar-refractivity contribution in [1.29, 1.82) is 0 Å². The summed E-state index contributed by atoms with van der Waals surface area (Å²) in [4.78, 5) is 23.2. The molecule has 1 amide bonds. The second kappa shape index (κ2) is 7.22. The maximum atomic E-state index is 12.4.